The molecule has 1 aromatic carbocycles. The van der Waals surface area contributed by atoms with Crippen LogP contribution in [0.25, 0.3) is 0 Å². The smallest absolute Gasteiger partial charge is 0.315 e. The first-order valence-corrected chi connectivity index (χ1v) is 7.46. The number of hydrogen-bond donors (Lipinski definition) is 3. The second kappa shape index (κ2) is 7.76. The number of hydrogen-bond acceptors (Lipinski definition) is 3. The third-order valence-electron chi connectivity index (χ3n) is 3.93. The standard InChI is InChI=1S/C16H20FN3O2/c17-15-7-11(8-18)4-5-13(15)10-20-16(22)19-9-12-2-1-3-14(21)6-12/h4-5,7,12,14,21H,1-3,6,9-10H2,(H2,19,20,22). The van der Waals surface area contributed by atoms with E-state index in [-0.39, 0.29) is 24.2 Å². The molecule has 0 bridgehead atoms. The molecule has 5 nitrogen and oxygen atoms in total. The number of rotatable bonds is 4. The summed E-state index contributed by atoms with van der Waals surface area (Å²) < 4.78 is 13.7. The Hall–Kier alpha value is -2.13. The molecule has 0 heterocycles. The number of carbonyl (C=O) groups excluding carboxylic acids is 1. The summed E-state index contributed by atoms with van der Waals surface area (Å²) in [4.78, 5) is 11.7. The molecular weight excluding hydrogens is 285 g/mol. The molecule has 6 heteroatoms. The average molecular weight is 305 g/mol. The number of benzene rings is 1. The number of urea groups is 1. The van der Waals surface area contributed by atoms with Crippen molar-refractivity contribution in [3.8, 4) is 6.07 Å². The topological polar surface area (TPSA) is 85.2 Å². The zero-order valence-corrected chi connectivity index (χ0v) is 12.3. The lowest BCUT2D eigenvalue weighted by Gasteiger charge is -2.25. The van der Waals surface area contributed by atoms with E-state index in [1.54, 1.807) is 0 Å². The maximum atomic E-state index is 13.7. The van der Waals surface area contributed by atoms with Gasteiger partial charge in [-0.25, -0.2) is 9.18 Å². The van der Waals surface area contributed by atoms with Gasteiger partial charge in [0, 0.05) is 18.7 Å². The molecule has 1 aliphatic rings. The lowest BCUT2D eigenvalue weighted by atomic mass is 9.87. The quantitative estimate of drug-likeness (QED) is 0.796. The van der Waals surface area contributed by atoms with E-state index in [1.807, 2.05) is 6.07 Å². The molecule has 1 aromatic rings. The molecule has 2 amide bonds. The molecule has 2 rings (SSSR count). The Balaban J connectivity index is 1.75. The molecule has 0 saturated heterocycles. The normalized spacial score (nSPS) is 21.0. The number of nitrogens with zero attached hydrogens (tertiary/aromatic N) is 1. The van der Waals surface area contributed by atoms with Gasteiger partial charge in [0.05, 0.1) is 17.7 Å². The summed E-state index contributed by atoms with van der Waals surface area (Å²) in [5.74, 6) is -0.212. The minimum absolute atomic E-state index is 0.0661. The molecule has 0 radical (unpaired) electrons. The first-order chi connectivity index (χ1) is 10.6. The SMILES string of the molecule is N#Cc1ccc(CNC(=O)NCC2CCCC(O)C2)c(F)c1. The number of carbonyl (C=O) groups is 1. The van der Waals surface area contributed by atoms with E-state index in [1.165, 1.54) is 12.1 Å². The number of aliphatic hydroxyl groups is 1. The van der Waals surface area contributed by atoms with Crippen LogP contribution in [0.15, 0.2) is 18.2 Å². The van der Waals surface area contributed by atoms with E-state index in [9.17, 15) is 14.3 Å². The Morgan fingerprint density at radius 1 is 1.41 bits per heavy atom. The largest absolute Gasteiger partial charge is 0.393 e. The van der Waals surface area contributed by atoms with Gasteiger partial charge in [-0.15, -0.1) is 0 Å². The van der Waals surface area contributed by atoms with Crippen LogP contribution in [0.1, 0.15) is 36.8 Å². The maximum Gasteiger partial charge on any atom is 0.315 e. The van der Waals surface area contributed by atoms with Crippen molar-refractivity contribution < 1.29 is 14.3 Å². The number of amides is 2. The molecule has 0 aliphatic heterocycles. The van der Waals surface area contributed by atoms with E-state index >= 15 is 0 Å². The van der Waals surface area contributed by atoms with Crippen molar-refractivity contribution in [2.75, 3.05) is 6.54 Å². The highest BCUT2D eigenvalue weighted by Gasteiger charge is 2.20. The number of nitriles is 1. The van der Waals surface area contributed by atoms with Crippen LogP contribution < -0.4 is 10.6 Å². The predicted molar refractivity (Wildman–Crippen MR) is 79.3 cm³/mol. The zero-order valence-electron chi connectivity index (χ0n) is 12.3. The van der Waals surface area contributed by atoms with Gasteiger partial charge >= 0.3 is 6.03 Å². The van der Waals surface area contributed by atoms with Gasteiger partial charge in [0.25, 0.3) is 0 Å². The molecule has 3 N–H and O–H groups in total. The summed E-state index contributed by atoms with van der Waals surface area (Å²) in [6.45, 7) is 0.579. The molecule has 1 aliphatic carbocycles. The fourth-order valence-electron chi connectivity index (χ4n) is 2.68. The van der Waals surface area contributed by atoms with Crippen molar-refractivity contribution in [1.29, 1.82) is 5.26 Å². The lowest BCUT2D eigenvalue weighted by molar-refractivity contribution is 0.101. The Morgan fingerprint density at radius 2 is 2.23 bits per heavy atom. The number of halogens is 1. The second-order valence-corrected chi connectivity index (χ2v) is 5.67. The first-order valence-electron chi connectivity index (χ1n) is 7.46. The zero-order chi connectivity index (χ0) is 15.9. The fraction of sp³-hybridized carbons (Fsp3) is 0.500. The van der Waals surface area contributed by atoms with Crippen LogP contribution in [0.4, 0.5) is 9.18 Å². The highest BCUT2D eigenvalue weighted by atomic mass is 19.1. The van der Waals surface area contributed by atoms with Gasteiger partial charge in [0.1, 0.15) is 5.82 Å². The van der Waals surface area contributed by atoms with Crippen molar-refractivity contribution in [2.24, 2.45) is 5.92 Å². The van der Waals surface area contributed by atoms with Gasteiger partial charge < -0.3 is 15.7 Å². The van der Waals surface area contributed by atoms with E-state index in [2.05, 4.69) is 10.6 Å². The van der Waals surface area contributed by atoms with Crippen LogP contribution >= 0.6 is 0 Å². The van der Waals surface area contributed by atoms with Crippen LogP contribution in [0, 0.1) is 23.1 Å². The van der Waals surface area contributed by atoms with Gasteiger partial charge in [0.2, 0.25) is 0 Å². The Labute approximate surface area is 129 Å². The van der Waals surface area contributed by atoms with E-state index in [0.29, 0.717) is 24.4 Å². The van der Waals surface area contributed by atoms with Crippen molar-refractivity contribution in [1.82, 2.24) is 10.6 Å². The average Bonchev–Trinajstić information content (AvgIpc) is 2.51. The third-order valence-corrected chi connectivity index (χ3v) is 3.93. The van der Waals surface area contributed by atoms with Gasteiger partial charge in [-0.2, -0.15) is 5.26 Å². The van der Waals surface area contributed by atoms with Crippen LogP contribution in [0.5, 0.6) is 0 Å². The second-order valence-electron chi connectivity index (χ2n) is 5.67. The molecule has 1 saturated carbocycles. The highest BCUT2D eigenvalue weighted by molar-refractivity contribution is 5.73. The van der Waals surface area contributed by atoms with E-state index < -0.39 is 5.82 Å². The van der Waals surface area contributed by atoms with E-state index in [0.717, 1.165) is 25.3 Å². The van der Waals surface area contributed by atoms with Gasteiger partial charge in [-0.3, -0.25) is 0 Å². The maximum absolute atomic E-state index is 13.7. The van der Waals surface area contributed by atoms with Crippen molar-refractivity contribution in [3.63, 3.8) is 0 Å². The lowest BCUT2D eigenvalue weighted by Crippen LogP contribution is -2.39. The molecule has 0 aromatic heterocycles. The fourth-order valence-corrected chi connectivity index (χ4v) is 2.68. The van der Waals surface area contributed by atoms with Crippen LogP contribution in [0.2, 0.25) is 0 Å². The summed E-state index contributed by atoms with van der Waals surface area (Å²) >= 11 is 0. The summed E-state index contributed by atoms with van der Waals surface area (Å²) in [5, 5.41) is 23.6. The molecule has 2 atom stereocenters. The molecule has 22 heavy (non-hydrogen) atoms. The van der Waals surface area contributed by atoms with E-state index in [4.69, 9.17) is 5.26 Å². The minimum Gasteiger partial charge on any atom is -0.393 e. The Morgan fingerprint density at radius 3 is 2.91 bits per heavy atom. The van der Waals surface area contributed by atoms with Crippen molar-refractivity contribution >= 4 is 6.03 Å². The van der Waals surface area contributed by atoms with Crippen molar-refractivity contribution in [3.05, 3.63) is 35.1 Å². The minimum atomic E-state index is -0.505. The number of aliphatic hydroxyl groups excluding tert-OH is 1. The third kappa shape index (κ3) is 4.71. The van der Waals surface area contributed by atoms with Gasteiger partial charge in [-0.05, 0) is 37.3 Å². The molecule has 0 spiro atoms. The Kier molecular flexibility index (Phi) is 5.73. The summed E-state index contributed by atoms with van der Waals surface area (Å²) in [7, 11) is 0. The van der Waals surface area contributed by atoms with Crippen LogP contribution in [-0.4, -0.2) is 23.8 Å². The van der Waals surface area contributed by atoms with Gasteiger partial charge in [-0.1, -0.05) is 12.5 Å². The molecular formula is C16H20FN3O2. The summed E-state index contributed by atoms with van der Waals surface area (Å²) in [5.41, 5.74) is 0.587. The molecule has 118 valence electrons. The number of nitrogens with one attached hydrogen (secondary N) is 2. The Bertz CT molecular complexity index is 571. The highest BCUT2D eigenvalue weighted by Crippen LogP contribution is 2.23. The van der Waals surface area contributed by atoms with Crippen LogP contribution in [0.3, 0.4) is 0 Å². The first kappa shape index (κ1) is 16.2. The van der Waals surface area contributed by atoms with Gasteiger partial charge in [0.15, 0.2) is 0 Å². The monoisotopic (exact) mass is 305 g/mol. The summed E-state index contributed by atoms with van der Waals surface area (Å²) in [6, 6.07) is 5.66. The predicted octanol–water partition coefficient (Wildman–Crippen LogP) is 2.05. The van der Waals surface area contributed by atoms with Crippen LogP contribution in [-0.2, 0) is 6.54 Å². The molecule has 1 fully saturated rings. The molecule has 2 unspecified atom stereocenters. The summed E-state index contributed by atoms with van der Waals surface area (Å²) in [6.07, 6.45) is 3.26. The van der Waals surface area contributed by atoms with Crippen molar-refractivity contribution in [2.45, 2.75) is 38.3 Å².